The lowest BCUT2D eigenvalue weighted by atomic mass is 10.0. The Morgan fingerprint density at radius 3 is 2.17 bits per heavy atom. The Balaban J connectivity index is 0.000000924. The number of pyridine rings is 1. The maximum absolute atomic E-state index is 4.82. The second-order valence-corrected chi connectivity index (χ2v) is 5.51. The minimum Gasteiger partial charge on any atom is -0.248 e. The predicted octanol–water partition coefficient (Wildman–Crippen LogP) is 6.36. The van der Waals surface area contributed by atoms with Crippen molar-refractivity contribution in [1.82, 2.24) is 4.98 Å². The monoisotopic (exact) mass is 303 g/mol. The third-order valence-electron chi connectivity index (χ3n) is 3.97. The highest BCUT2D eigenvalue weighted by Crippen LogP contribution is 2.24. The molecule has 0 radical (unpaired) electrons. The Labute approximate surface area is 139 Å². The summed E-state index contributed by atoms with van der Waals surface area (Å²) in [5.41, 5.74) is 7.17. The third kappa shape index (κ3) is 3.87. The standard InChI is InChI=1S/C20H19N.C2H6/c1-14-13-15(2)19-12-11-18(21-20(19)16(14)3)10-9-17-7-5-4-6-8-17;1-2/h4-13H,1-3H3;1-2H3/b10-9+;. The van der Waals surface area contributed by atoms with E-state index in [4.69, 9.17) is 4.98 Å². The number of hydrogen-bond acceptors (Lipinski definition) is 1. The summed E-state index contributed by atoms with van der Waals surface area (Å²) in [4.78, 5) is 4.82. The molecular weight excluding hydrogens is 278 g/mol. The molecule has 1 nitrogen and oxygen atoms in total. The number of fused-ring (bicyclic) bond motifs is 1. The number of benzene rings is 2. The molecule has 1 heteroatoms. The first-order valence-electron chi connectivity index (χ1n) is 8.26. The molecular formula is C22H25N. The summed E-state index contributed by atoms with van der Waals surface area (Å²) in [5.74, 6) is 0. The molecule has 0 unspecified atom stereocenters. The fourth-order valence-electron chi connectivity index (χ4n) is 2.61. The zero-order chi connectivity index (χ0) is 16.8. The van der Waals surface area contributed by atoms with E-state index in [1.165, 1.54) is 27.6 Å². The smallest absolute Gasteiger partial charge is 0.0743 e. The summed E-state index contributed by atoms with van der Waals surface area (Å²) in [6, 6.07) is 16.8. The van der Waals surface area contributed by atoms with E-state index in [0.29, 0.717) is 0 Å². The lowest BCUT2D eigenvalue weighted by molar-refractivity contribution is 1.28. The molecule has 1 aromatic heterocycles. The van der Waals surface area contributed by atoms with Crippen LogP contribution in [-0.4, -0.2) is 4.98 Å². The lowest BCUT2D eigenvalue weighted by Gasteiger charge is -2.09. The van der Waals surface area contributed by atoms with Crippen molar-refractivity contribution in [2.24, 2.45) is 0 Å². The first-order chi connectivity index (χ1) is 11.1. The summed E-state index contributed by atoms with van der Waals surface area (Å²) >= 11 is 0. The van der Waals surface area contributed by atoms with Gasteiger partial charge < -0.3 is 0 Å². The highest BCUT2D eigenvalue weighted by atomic mass is 14.7. The predicted molar refractivity (Wildman–Crippen MR) is 103 cm³/mol. The molecule has 0 aliphatic carbocycles. The van der Waals surface area contributed by atoms with Gasteiger partial charge in [0.1, 0.15) is 0 Å². The van der Waals surface area contributed by atoms with E-state index < -0.39 is 0 Å². The Morgan fingerprint density at radius 2 is 1.48 bits per heavy atom. The van der Waals surface area contributed by atoms with Crippen molar-refractivity contribution in [3.8, 4) is 0 Å². The zero-order valence-electron chi connectivity index (χ0n) is 14.7. The van der Waals surface area contributed by atoms with E-state index in [2.05, 4.69) is 63.3 Å². The van der Waals surface area contributed by atoms with Gasteiger partial charge in [-0.05, 0) is 55.2 Å². The molecule has 1 heterocycles. The minimum atomic E-state index is 0.999. The average Bonchev–Trinajstić information content (AvgIpc) is 2.60. The van der Waals surface area contributed by atoms with Gasteiger partial charge >= 0.3 is 0 Å². The van der Waals surface area contributed by atoms with Gasteiger partial charge in [0.15, 0.2) is 0 Å². The quantitative estimate of drug-likeness (QED) is 0.537. The van der Waals surface area contributed by atoms with Crippen LogP contribution in [-0.2, 0) is 0 Å². The van der Waals surface area contributed by atoms with Crippen LogP contribution in [0.25, 0.3) is 23.1 Å². The molecule has 0 amide bonds. The van der Waals surface area contributed by atoms with E-state index in [1.54, 1.807) is 0 Å². The van der Waals surface area contributed by atoms with Crippen LogP contribution >= 0.6 is 0 Å². The minimum absolute atomic E-state index is 0.999. The maximum Gasteiger partial charge on any atom is 0.0743 e. The molecule has 0 saturated heterocycles. The van der Waals surface area contributed by atoms with Crippen LogP contribution < -0.4 is 0 Å². The van der Waals surface area contributed by atoms with Crippen LogP contribution in [0.4, 0.5) is 0 Å². The maximum atomic E-state index is 4.82. The van der Waals surface area contributed by atoms with Crippen LogP contribution in [0.5, 0.6) is 0 Å². The molecule has 0 N–H and O–H groups in total. The number of aryl methyl sites for hydroxylation is 3. The summed E-state index contributed by atoms with van der Waals surface area (Å²) in [6.07, 6.45) is 4.18. The van der Waals surface area contributed by atoms with Crippen molar-refractivity contribution in [3.05, 3.63) is 76.5 Å². The van der Waals surface area contributed by atoms with Crippen LogP contribution in [0.1, 0.15) is 41.8 Å². The van der Waals surface area contributed by atoms with E-state index in [1.807, 2.05) is 32.0 Å². The molecule has 0 atom stereocenters. The molecule has 0 fully saturated rings. The second-order valence-electron chi connectivity index (χ2n) is 5.51. The number of nitrogens with zero attached hydrogens (tertiary/aromatic N) is 1. The largest absolute Gasteiger partial charge is 0.248 e. The Morgan fingerprint density at radius 1 is 0.783 bits per heavy atom. The zero-order valence-corrected chi connectivity index (χ0v) is 14.7. The van der Waals surface area contributed by atoms with Crippen molar-refractivity contribution in [2.45, 2.75) is 34.6 Å². The fourth-order valence-corrected chi connectivity index (χ4v) is 2.61. The average molecular weight is 303 g/mol. The number of hydrogen-bond donors (Lipinski definition) is 0. The van der Waals surface area contributed by atoms with Crippen molar-refractivity contribution >= 4 is 23.1 Å². The van der Waals surface area contributed by atoms with Gasteiger partial charge in [0.05, 0.1) is 11.2 Å². The molecule has 0 aliphatic rings. The Kier molecular flexibility index (Phi) is 5.70. The molecule has 0 saturated carbocycles. The van der Waals surface area contributed by atoms with Crippen LogP contribution in [0.3, 0.4) is 0 Å². The van der Waals surface area contributed by atoms with Crippen molar-refractivity contribution in [1.29, 1.82) is 0 Å². The van der Waals surface area contributed by atoms with Crippen molar-refractivity contribution in [3.63, 3.8) is 0 Å². The fraction of sp³-hybridized carbons (Fsp3) is 0.227. The lowest BCUT2D eigenvalue weighted by Crippen LogP contribution is -1.92. The van der Waals surface area contributed by atoms with Gasteiger partial charge in [0, 0.05) is 5.39 Å². The first-order valence-corrected chi connectivity index (χ1v) is 8.26. The molecule has 0 bridgehead atoms. The van der Waals surface area contributed by atoms with E-state index in [-0.39, 0.29) is 0 Å². The second kappa shape index (κ2) is 7.73. The van der Waals surface area contributed by atoms with Gasteiger partial charge in [0.2, 0.25) is 0 Å². The first kappa shape index (κ1) is 17.0. The SMILES string of the molecule is CC.Cc1cc(C)c2ccc(/C=C/c3ccccc3)nc2c1C. The van der Waals surface area contributed by atoms with Crippen LogP contribution in [0, 0.1) is 20.8 Å². The molecule has 2 aromatic carbocycles. The molecule has 23 heavy (non-hydrogen) atoms. The summed E-state index contributed by atoms with van der Waals surface area (Å²) < 4.78 is 0. The van der Waals surface area contributed by atoms with E-state index in [9.17, 15) is 0 Å². The highest BCUT2D eigenvalue weighted by Gasteiger charge is 2.05. The molecule has 3 rings (SSSR count). The summed E-state index contributed by atoms with van der Waals surface area (Å²) in [5, 5.41) is 1.25. The summed E-state index contributed by atoms with van der Waals surface area (Å²) in [7, 11) is 0. The Bertz CT molecular complexity index is 814. The number of aromatic nitrogens is 1. The molecule has 0 aliphatic heterocycles. The van der Waals surface area contributed by atoms with Crippen LogP contribution in [0.15, 0.2) is 48.5 Å². The van der Waals surface area contributed by atoms with Gasteiger partial charge in [0.25, 0.3) is 0 Å². The Hall–Kier alpha value is -2.41. The number of rotatable bonds is 2. The van der Waals surface area contributed by atoms with Crippen molar-refractivity contribution < 1.29 is 0 Å². The molecule has 0 spiro atoms. The van der Waals surface area contributed by atoms with E-state index >= 15 is 0 Å². The van der Waals surface area contributed by atoms with Crippen LogP contribution in [0.2, 0.25) is 0 Å². The van der Waals surface area contributed by atoms with Gasteiger partial charge in [-0.1, -0.05) is 62.4 Å². The van der Waals surface area contributed by atoms with Gasteiger partial charge in [-0.15, -0.1) is 0 Å². The van der Waals surface area contributed by atoms with Crippen molar-refractivity contribution in [2.75, 3.05) is 0 Å². The molecule has 118 valence electrons. The highest BCUT2D eigenvalue weighted by molar-refractivity contribution is 5.87. The normalized spacial score (nSPS) is 10.7. The van der Waals surface area contributed by atoms with Gasteiger partial charge in [-0.3, -0.25) is 0 Å². The molecule has 3 aromatic rings. The van der Waals surface area contributed by atoms with Gasteiger partial charge in [-0.2, -0.15) is 0 Å². The van der Waals surface area contributed by atoms with Gasteiger partial charge in [-0.25, -0.2) is 4.98 Å². The van der Waals surface area contributed by atoms with E-state index in [0.717, 1.165) is 11.2 Å². The summed E-state index contributed by atoms with van der Waals surface area (Å²) in [6.45, 7) is 10.4. The third-order valence-corrected chi connectivity index (χ3v) is 3.97. The topological polar surface area (TPSA) is 12.9 Å².